The van der Waals surface area contributed by atoms with E-state index in [-0.39, 0.29) is 18.3 Å². The van der Waals surface area contributed by atoms with Crippen molar-refractivity contribution in [2.45, 2.75) is 40.2 Å². The zero-order chi connectivity index (χ0) is 15.4. The van der Waals surface area contributed by atoms with Crippen LogP contribution in [0.4, 0.5) is 0 Å². The summed E-state index contributed by atoms with van der Waals surface area (Å²) in [5, 5.41) is 3.34. The minimum atomic E-state index is 0. The van der Waals surface area contributed by atoms with E-state index in [1.807, 2.05) is 11.0 Å². The molecule has 0 aromatic heterocycles. The lowest BCUT2D eigenvalue weighted by atomic mass is 10.1. The first-order valence-electron chi connectivity index (χ1n) is 7.69. The Labute approximate surface area is 139 Å². The van der Waals surface area contributed by atoms with Crippen molar-refractivity contribution in [2.24, 2.45) is 0 Å². The Kier molecular flexibility index (Phi) is 7.17. The van der Waals surface area contributed by atoms with Crippen LogP contribution in [-0.2, 0) is 4.79 Å². The first kappa shape index (κ1) is 18.8. The average molecular weight is 327 g/mol. The molecule has 1 saturated heterocycles. The minimum absolute atomic E-state index is 0. The van der Waals surface area contributed by atoms with Gasteiger partial charge < -0.3 is 15.0 Å². The van der Waals surface area contributed by atoms with Gasteiger partial charge in [-0.3, -0.25) is 4.79 Å². The number of ether oxygens (including phenoxy) is 1. The number of nitrogens with zero attached hydrogens (tertiary/aromatic N) is 1. The summed E-state index contributed by atoms with van der Waals surface area (Å²) < 4.78 is 5.82. The van der Waals surface area contributed by atoms with Gasteiger partial charge in [-0.25, -0.2) is 0 Å². The SMILES string of the molecule is Cc1cc(C)c(C)c(OCCC(=O)N2CCNC(C)C2)c1.Cl. The van der Waals surface area contributed by atoms with Crippen molar-refractivity contribution in [3.05, 3.63) is 28.8 Å². The predicted molar refractivity (Wildman–Crippen MR) is 92.1 cm³/mol. The molecule has 1 aliphatic rings. The highest BCUT2D eigenvalue weighted by atomic mass is 35.5. The van der Waals surface area contributed by atoms with E-state index in [1.54, 1.807) is 0 Å². The van der Waals surface area contributed by atoms with E-state index in [2.05, 4.69) is 39.1 Å². The van der Waals surface area contributed by atoms with Gasteiger partial charge in [-0.05, 0) is 50.5 Å². The van der Waals surface area contributed by atoms with Gasteiger partial charge >= 0.3 is 0 Å². The molecule has 0 bridgehead atoms. The number of nitrogens with one attached hydrogen (secondary N) is 1. The van der Waals surface area contributed by atoms with E-state index in [0.717, 1.165) is 30.9 Å². The Balaban J connectivity index is 0.00000242. The molecule has 1 aromatic rings. The lowest BCUT2D eigenvalue weighted by molar-refractivity contribution is -0.132. The number of aryl methyl sites for hydroxylation is 2. The molecule has 2 rings (SSSR count). The van der Waals surface area contributed by atoms with Crippen molar-refractivity contribution >= 4 is 18.3 Å². The van der Waals surface area contributed by atoms with Gasteiger partial charge in [-0.1, -0.05) is 6.07 Å². The largest absolute Gasteiger partial charge is 0.493 e. The second-order valence-corrected chi connectivity index (χ2v) is 6.00. The zero-order valence-corrected chi connectivity index (χ0v) is 14.8. The molecular weight excluding hydrogens is 300 g/mol. The third-order valence-corrected chi connectivity index (χ3v) is 4.06. The summed E-state index contributed by atoms with van der Waals surface area (Å²) in [7, 11) is 0. The monoisotopic (exact) mass is 326 g/mol. The fourth-order valence-electron chi connectivity index (χ4n) is 2.72. The van der Waals surface area contributed by atoms with Gasteiger partial charge in [-0.2, -0.15) is 0 Å². The molecule has 5 heteroatoms. The molecule has 1 N–H and O–H groups in total. The maximum atomic E-state index is 12.2. The summed E-state index contributed by atoms with van der Waals surface area (Å²) in [4.78, 5) is 14.1. The first-order valence-corrected chi connectivity index (χ1v) is 7.69. The van der Waals surface area contributed by atoms with Crippen LogP contribution in [0.2, 0.25) is 0 Å². The van der Waals surface area contributed by atoms with Crippen molar-refractivity contribution in [3.8, 4) is 5.75 Å². The Morgan fingerprint density at radius 2 is 2.09 bits per heavy atom. The van der Waals surface area contributed by atoms with Crippen LogP contribution in [-0.4, -0.2) is 43.1 Å². The van der Waals surface area contributed by atoms with Crippen LogP contribution in [0.15, 0.2) is 12.1 Å². The van der Waals surface area contributed by atoms with Crippen LogP contribution in [0.3, 0.4) is 0 Å². The summed E-state index contributed by atoms with van der Waals surface area (Å²) in [6, 6.07) is 4.57. The summed E-state index contributed by atoms with van der Waals surface area (Å²) in [5.74, 6) is 1.08. The van der Waals surface area contributed by atoms with Gasteiger partial charge in [0.05, 0.1) is 13.0 Å². The molecule has 0 radical (unpaired) electrons. The van der Waals surface area contributed by atoms with Crippen molar-refractivity contribution < 1.29 is 9.53 Å². The maximum absolute atomic E-state index is 12.2. The van der Waals surface area contributed by atoms with Crippen LogP contribution in [0.5, 0.6) is 5.75 Å². The van der Waals surface area contributed by atoms with Crippen molar-refractivity contribution in [1.82, 2.24) is 10.2 Å². The second-order valence-electron chi connectivity index (χ2n) is 6.00. The molecular formula is C17H27ClN2O2. The maximum Gasteiger partial charge on any atom is 0.226 e. The molecule has 1 amide bonds. The topological polar surface area (TPSA) is 41.6 Å². The third-order valence-electron chi connectivity index (χ3n) is 4.06. The number of piperazine rings is 1. The average Bonchev–Trinajstić information content (AvgIpc) is 2.43. The van der Waals surface area contributed by atoms with Crippen LogP contribution in [0.25, 0.3) is 0 Å². The highest BCUT2D eigenvalue weighted by Crippen LogP contribution is 2.23. The molecule has 1 aliphatic heterocycles. The molecule has 1 heterocycles. The number of hydrogen-bond donors (Lipinski definition) is 1. The van der Waals surface area contributed by atoms with Crippen molar-refractivity contribution in [3.63, 3.8) is 0 Å². The fraction of sp³-hybridized carbons (Fsp3) is 0.588. The summed E-state index contributed by atoms with van der Waals surface area (Å²) >= 11 is 0. The molecule has 0 spiro atoms. The van der Waals surface area contributed by atoms with Crippen LogP contribution in [0.1, 0.15) is 30.0 Å². The van der Waals surface area contributed by atoms with E-state index >= 15 is 0 Å². The molecule has 1 atom stereocenters. The third kappa shape index (κ3) is 4.89. The number of rotatable bonds is 4. The van der Waals surface area contributed by atoms with Crippen molar-refractivity contribution in [1.29, 1.82) is 0 Å². The number of halogens is 1. The molecule has 0 saturated carbocycles. The number of amides is 1. The number of carbonyl (C=O) groups is 1. The smallest absolute Gasteiger partial charge is 0.226 e. The minimum Gasteiger partial charge on any atom is -0.493 e. The molecule has 1 unspecified atom stereocenters. The van der Waals surface area contributed by atoms with Crippen LogP contribution < -0.4 is 10.1 Å². The highest BCUT2D eigenvalue weighted by molar-refractivity contribution is 5.85. The molecule has 124 valence electrons. The highest BCUT2D eigenvalue weighted by Gasteiger charge is 2.20. The van der Waals surface area contributed by atoms with Gasteiger partial charge in [-0.15, -0.1) is 12.4 Å². The van der Waals surface area contributed by atoms with Gasteiger partial charge in [0.1, 0.15) is 5.75 Å². The van der Waals surface area contributed by atoms with Gasteiger partial charge in [0.25, 0.3) is 0 Å². The molecule has 22 heavy (non-hydrogen) atoms. The Morgan fingerprint density at radius 3 is 2.77 bits per heavy atom. The lowest BCUT2D eigenvalue weighted by Crippen LogP contribution is -2.51. The Morgan fingerprint density at radius 1 is 1.36 bits per heavy atom. The quantitative estimate of drug-likeness (QED) is 0.924. The predicted octanol–water partition coefficient (Wildman–Crippen LogP) is 2.62. The van der Waals surface area contributed by atoms with E-state index in [4.69, 9.17) is 4.74 Å². The zero-order valence-electron chi connectivity index (χ0n) is 13.9. The van der Waals surface area contributed by atoms with E-state index in [9.17, 15) is 4.79 Å². The number of benzene rings is 1. The fourth-order valence-corrected chi connectivity index (χ4v) is 2.72. The Bertz CT molecular complexity index is 520. The van der Waals surface area contributed by atoms with Gasteiger partial charge in [0, 0.05) is 25.7 Å². The van der Waals surface area contributed by atoms with E-state index in [1.165, 1.54) is 11.1 Å². The molecule has 1 aromatic carbocycles. The van der Waals surface area contributed by atoms with Crippen LogP contribution >= 0.6 is 12.4 Å². The molecule has 1 fully saturated rings. The van der Waals surface area contributed by atoms with Gasteiger partial charge in [0.15, 0.2) is 0 Å². The molecule has 0 aliphatic carbocycles. The summed E-state index contributed by atoms with van der Waals surface area (Å²) in [6.07, 6.45) is 0.444. The van der Waals surface area contributed by atoms with Crippen LogP contribution in [0, 0.1) is 20.8 Å². The molecule has 4 nitrogen and oxygen atoms in total. The first-order chi connectivity index (χ1) is 9.97. The number of hydrogen-bond acceptors (Lipinski definition) is 3. The number of carbonyl (C=O) groups excluding carboxylic acids is 1. The van der Waals surface area contributed by atoms with Gasteiger partial charge in [0.2, 0.25) is 5.91 Å². The van der Waals surface area contributed by atoms with E-state index in [0.29, 0.717) is 19.1 Å². The summed E-state index contributed by atoms with van der Waals surface area (Å²) in [6.45, 7) is 11.2. The van der Waals surface area contributed by atoms with E-state index < -0.39 is 0 Å². The summed E-state index contributed by atoms with van der Waals surface area (Å²) in [5.41, 5.74) is 3.58. The normalized spacial score (nSPS) is 17.8. The standard InChI is InChI=1S/C17H26N2O2.ClH/c1-12-9-13(2)15(4)16(10-12)21-8-5-17(20)19-7-6-18-14(3)11-19;/h9-10,14,18H,5-8,11H2,1-4H3;1H. The Hall–Kier alpha value is -1.26. The van der Waals surface area contributed by atoms with Crippen molar-refractivity contribution in [2.75, 3.05) is 26.2 Å². The lowest BCUT2D eigenvalue weighted by Gasteiger charge is -2.32. The second kappa shape index (κ2) is 8.39.